The zero-order valence-electron chi connectivity index (χ0n) is 12.8. The minimum atomic E-state index is -0.796. The van der Waals surface area contributed by atoms with Crippen LogP contribution in [-0.4, -0.2) is 17.9 Å². The van der Waals surface area contributed by atoms with Crippen molar-refractivity contribution in [3.8, 4) is 5.75 Å². The molecule has 2 aromatic carbocycles. The third kappa shape index (κ3) is 4.68. The molecule has 0 radical (unpaired) electrons. The first kappa shape index (κ1) is 18.7. The van der Waals surface area contributed by atoms with E-state index in [1.807, 2.05) is 0 Å². The van der Waals surface area contributed by atoms with E-state index in [0.29, 0.717) is 16.3 Å². The van der Waals surface area contributed by atoms with Gasteiger partial charge in [-0.05, 0) is 24.3 Å². The number of carbonyl (C=O) groups excluding carboxylic acids is 1. The number of halogens is 3. The lowest BCUT2D eigenvalue weighted by atomic mass is 10.2. The average Bonchev–Trinajstić information content (AvgIpc) is 2.54. The maximum absolute atomic E-state index is 13.7. The Morgan fingerprint density at radius 2 is 2.04 bits per heavy atom. The van der Waals surface area contributed by atoms with E-state index in [1.165, 1.54) is 25.3 Å². The van der Waals surface area contributed by atoms with Gasteiger partial charge in [-0.2, -0.15) is 0 Å². The van der Waals surface area contributed by atoms with Gasteiger partial charge in [-0.1, -0.05) is 23.2 Å². The molecule has 2 aromatic rings. The quantitative estimate of drug-likeness (QED) is 0.460. The molecule has 9 heteroatoms. The minimum absolute atomic E-state index is 0.264. The lowest BCUT2D eigenvalue weighted by Crippen LogP contribution is -2.09. The summed E-state index contributed by atoms with van der Waals surface area (Å²) in [5.41, 5.74) is -0.210. The van der Waals surface area contributed by atoms with Gasteiger partial charge in [-0.3, -0.25) is 14.9 Å². The molecule has 0 saturated carbocycles. The maximum Gasteiger partial charge on any atom is 0.271 e. The number of hydrogen-bond acceptors (Lipinski definition) is 4. The molecule has 1 amide bonds. The van der Waals surface area contributed by atoms with E-state index in [9.17, 15) is 19.3 Å². The molecular formula is C16H11Cl2FN2O4. The standard InChI is InChI=1S/C16H11Cl2FN2O4/c1-25-16-9(6-10(17)7-12(16)18)2-5-15(22)20-14-8-11(21(23)24)3-4-13(14)19/h2-8H,1H3,(H,20,22)/b5-2+. The topological polar surface area (TPSA) is 81.5 Å². The van der Waals surface area contributed by atoms with E-state index in [2.05, 4.69) is 5.32 Å². The molecule has 0 spiro atoms. The number of nitro benzene ring substituents is 1. The smallest absolute Gasteiger partial charge is 0.271 e. The van der Waals surface area contributed by atoms with Gasteiger partial charge in [0.15, 0.2) is 0 Å². The number of hydrogen-bond donors (Lipinski definition) is 1. The highest BCUT2D eigenvalue weighted by Crippen LogP contribution is 2.33. The Bertz CT molecular complexity index is 871. The van der Waals surface area contributed by atoms with Crippen LogP contribution >= 0.6 is 23.2 Å². The van der Waals surface area contributed by atoms with E-state index in [0.717, 1.165) is 24.3 Å². The van der Waals surface area contributed by atoms with Crippen LogP contribution in [0.4, 0.5) is 15.8 Å². The molecule has 1 N–H and O–H groups in total. The number of ether oxygens (including phenoxy) is 1. The summed E-state index contributed by atoms with van der Waals surface area (Å²) in [5.74, 6) is -1.18. The van der Waals surface area contributed by atoms with Crippen molar-refractivity contribution < 1.29 is 18.8 Å². The lowest BCUT2D eigenvalue weighted by molar-refractivity contribution is -0.384. The number of carbonyl (C=O) groups is 1. The summed E-state index contributed by atoms with van der Waals surface area (Å²) in [5, 5.41) is 13.6. The van der Waals surface area contributed by atoms with Crippen molar-refractivity contribution >= 4 is 46.6 Å². The van der Waals surface area contributed by atoms with Gasteiger partial charge in [-0.15, -0.1) is 0 Å². The predicted octanol–water partition coefficient (Wildman–Crippen LogP) is 4.70. The zero-order chi connectivity index (χ0) is 18.6. The van der Waals surface area contributed by atoms with Crippen LogP contribution in [0.25, 0.3) is 6.08 Å². The summed E-state index contributed by atoms with van der Waals surface area (Å²) in [6.07, 6.45) is 2.48. The van der Waals surface area contributed by atoms with Crippen molar-refractivity contribution in [1.82, 2.24) is 0 Å². The van der Waals surface area contributed by atoms with Crippen molar-refractivity contribution in [3.63, 3.8) is 0 Å². The Hall–Kier alpha value is -2.64. The van der Waals surface area contributed by atoms with Crippen molar-refractivity contribution in [2.45, 2.75) is 0 Å². The number of methoxy groups -OCH3 is 1. The highest BCUT2D eigenvalue weighted by Gasteiger charge is 2.12. The molecule has 0 saturated heterocycles. The molecule has 0 aliphatic carbocycles. The second-order valence-corrected chi connectivity index (χ2v) is 5.60. The summed E-state index contributed by atoms with van der Waals surface area (Å²) in [6.45, 7) is 0. The maximum atomic E-state index is 13.7. The van der Waals surface area contributed by atoms with Crippen LogP contribution in [0.1, 0.15) is 5.56 Å². The Morgan fingerprint density at radius 1 is 1.32 bits per heavy atom. The Labute approximate surface area is 152 Å². The summed E-state index contributed by atoms with van der Waals surface area (Å²) < 4.78 is 18.8. The highest BCUT2D eigenvalue weighted by molar-refractivity contribution is 6.36. The number of nitro groups is 1. The normalized spacial score (nSPS) is 10.7. The number of benzene rings is 2. The Kier molecular flexibility index (Phi) is 5.95. The number of anilines is 1. The van der Waals surface area contributed by atoms with Crippen LogP contribution in [0.3, 0.4) is 0 Å². The molecule has 0 heterocycles. The number of rotatable bonds is 5. The van der Waals surface area contributed by atoms with Gasteiger partial charge in [-0.25, -0.2) is 4.39 Å². The van der Waals surface area contributed by atoms with Crippen LogP contribution in [0, 0.1) is 15.9 Å². The molecule has 0 aromatic heterocycles. The van der Waals surface area contributed by atoms with E-state index in [-0.39, 0.29) is 16.4 Å². The number of nitrogens with zero attached hydrogens (tertiary/aromatic N) is 1. The molecule has 0 atom stereocenters. The van der Waals surface area contributed by atoms with Gasteiger partial charge in [0.2, 0.25) is 5.91 Å². The van der Waals surface area contributed by atoms with E-state index < -0.39 is 16.6 Å². The average molecular weight is 385 g/mol. The molecule has 130 valence electrons. The van der Waals surface area contributed by atoms with Crippen molar-refractivity contribution in [2.75, 3.05) is 12.4 Å². The second kappa shape index (κ2) is 7.96. The largest absolute Gasteiger partial charge is 0.495 e. The lowest BCUT2D eigenvalue weighted by Gasteiger charge is -2.08. The second-order valence-electron chi connectivity index (χ2n) is 4.75. The van der Waals surface area contributed by atoms with Gasteiger partial charge in [0.25, 0.3) is 5.69 Å². The van der Waals surface area contributed by atoms with Crippen LogP contribution in [0.2, 0.25) is 10.0 Å². The first-order chi connectivity index (χ1) is 11.8. The van der Waals surface area contributed by atoms with E-state index >= 15 is 0 Å². The van der Waals surface area contributed by atoms with Gasteiger partial charge < -0.3 is 10.1 Å². The van der Waals surface area contributed by atoms with Crippen LogP contribution in [0.15, 0.2) is 36.4 Å². The Balaban J connectivity index is 2.22. The third-order valence-electron chi connectivity index (χ3n) is 3.07. The van der Waals surface area contributed by atoms with Gasteiger partial charge in [0.05, 0.1) is 22.7 Å². The monoisotopic (exact) mass is 384 g/mol. The van der Waals surface area contributed by atoms with Crippen molar-refractivity contribution in [1.29, 1.82) is 0 Å². The first-order valence-electron chi connectivity index (χ1n) is 6.78. The molecule has 6 nitrogen and oxygen atoms in total. The number of nitrogens with one attached hydrogen (secondary N) is 1. The molecule has 0 aliphatic rings. The fourth-order valence-electron chi connectivity index (χ4n) is 1.98. The Morgan fingerprint density at radius 3 is 2.68 bits per heavy atom. The zero-order valence-corrected chi connectivity index (χ0v) is 14.3. The van der Waals surface area contributed by atoms with Crippen LogP contribution < -0.4 is 10.1 Å². The number of amides is 1. The van der Waals surface area contributed by atoms with Gasteiger partial charge in [0, 0.05) is 28.8 Å². The summed E-state index contributed by atoms with van der Waals surface area (Å²) in [6, 6.07) is 5.84. The summed E-state index contributed by atoms with van der Waals surface area (Å²) in [4.78, 5) is 22.0. The fraction of sp³-hybridized carbons (Fsp3) is 0.0625. The van der Waals surface area contributed by atoms with Crippen molar-refractivity contribution in [3.05, 3.63) is 67.9 Å². The molecule has 0 bridgehead atoms. The highest BCUT2D eigenvalue weighted by atomic mass is 35.5. The van der Waals surface area contributed by atoms with Crippen LogP contribution in [-0.2, 0) is 4.79 Å². The third-order valence-corrected chi connectivity index (χ3v) is 3.57. The predicted molar refractivity (Wildman–Crippen MR) is 93.7 cm³/mol. The molecule has 2 rings (SSSR count). The molecule has 0 aliphatic heterocycles. The summed E-state index contributed by atoms with van der Waals surface area (Å²) >= 11 is 11.9. The SMILES string of the molecule is COc1c(Cl)cc(Cl)cc1/C=C/C(=O)Nc1cc([N+](=O)[O-])ccc1F. The van der Waals surface area contributed by atoms with Crippen LogP contribution in [0.5, 0.6) is 5.75 Å². The first-order valence-corrected chi connectivity index (χ1v) is 7.53. The minimum Gasteiger partial charge on any atom is -0.495 e. The molecule has 0 unspecified atom stereocenters. The molecular weight excluding hydrogens is 374 g/mol. The van der Waals surface area contributed by atoms with Gasteiger partial charge >= 0.3 is 0 Å². The summed E-state index contributed by atoms with van der Waals surface area (Å²) in [7, 11) is 1.41. The van der Waals surface area contributed by atoms with E-state index in [4.69, 9.17) is 27.9 Å². The van der Waals surface area contributed by atoms with E-state index in [1.54, 1.807) is 0 Å². The molecule has 0 fully saturated rings. The van der Waals surface area contributed by atoms with Crippen molar-refractivity contribution in [2.24, 2.45) is 0 Å². The number of non-ortho nitro benzene ring substituents is 1. The van der Waals surface area contributed by atoms with Gasteiger partial charge in [0.1, 0.15) is 11.6 Å². The fourth-order valence-corrected chi connectivity index (χ4v) is 2.57. The molecule has 25 heavy (non-hydrogen) atoms.